The minimum absolute atomic E-state index is 0.458. The summed E-state index contributed by atoms with van der Waals surface area (Å²) in [5.74, 6) is 1.30. The molecule has 0 fully saturated rings. The van der Waals surface area contributed by atoms with Gasteiger partial charge in [0, 0.05) is 12.5 Å². The molecule has 0 aliphatic rings. The van der Waals surface area contributed by atoms with Gasteiger partial charge in [-0.25, -0.2) is 4.98 Å². The zero-order chi connectivity index (χ0) is 11.5. The fourth-order valence-electron chi connectivity index (χ4n) is 1.47. The fraction of sp³-hybridized carbons (Fsp3) is 0.417. The van der Waals surface area contributed by atoms with Crippen LogP contribution < -0.4 is 10.5 Å². The van der Waals surface area contributed by atoms with Gasteiger partial charge in [-0.2, -0.15) is 0 Å². The molecule has 3 nitrogen and oxygen atoms in total. The topological polar surface area (TPSA) is 48.1 Å². The lowest BCUT2D eigenvalue weighted by Gasteiger charge is -2.04. The molecule has 0 saturated heterocycles. The molecule has 0 amide bonds. The van der Waals surface area contributed by atoms with E-state index in [0.717, 1.165) is 16.3 Å². The summed E-state index contributed by atoms with van der Waals surface area (Å²) in [7, 11) is 0. The third-order valence-electron chi connectivity index (χ3n) is 2.27. The van der Waals surface area contributed by atoms with Crippen molar-refractivity contribution in [1.29, 1.82) is 0 Å². The third-order valence-corrected chi connectivity index (χ3v) is 3.59. The molecular formula is C12H16N2OS. The van der Waals surface area contributed by atoms with E-state index in [1.54, 1.807) is 11.3 Å². The standard InChI is InChI=1S/C12H16N2OS/c1-8(2)12-14-11-9(15-7-6-13)4-3-5-10(11)16-12/h3-5,8H,6-7,13H2,1-2H3. The molecular weight excluding hydrogens is 220 g/mol. The first-order valence-electron chi connectivity index (χ1n) is 5.44. The van der Waals surface area contributed by atoms with E-state index in [0.29, 0.717) is 19.1 Å². The van der Waals surface area contributed by atoms with E-state index in [-0.39, 0.29) is 0 Å². The second-order valence-corrected chi connectivity index (χ2v) is 5.01. The molecule has 0 aliphatic heterocycles. The van der Waals surface area contributed by atoms with Gasteiger partial charge in [-0.15, -0.1) is 11.3 Å². The Kier molecular flexibility index (Phi) is 3.41. The Bertz CT molecular complexity index is 479. The number of aromatic nitrogens is 1. The summed E-state index contributed by atoms with van der Waals surface area (Å²) in [6.45, 7) is 5.36. The van der Waals surface area contributed by atoms with E-state index >= 15 is 0 Å². The Morgan fingerprint density at radius 1 is 1.44 bits per heavy atom. The number of hydrogen-bond donors (Lipinski definition) is 1. The van der Waals surface area contributed by atoms with Crippen molar-refractivity contribution in [2.45, 2.75) is 19.8 Å². The van der Waals surface area contributed by atoms with Gasteiger partial charge in [0.1, 0.15) is 17.9 Å². The molecule has 1 aromatic carbocycles. The van der Waals surface area contributed by atoms with Crippen LogP contribution in [0.2, 0.25) is 0 Å². The van der Waals surface area contributed by atoms with Crippen molar-refractivity contribution >= 4 is 21.6 Å². The average Bonchev–Trinajstić information content (AvgIpc) is 2.70. The number of hydrogen-bond acceptors (Lipinski definition) is 4. The number of nitrogens with zero attached hydrogens (tertiary/aromatic N) is 1. The lowest BCUT2D eigenvalue weighted by Crippen LogP contribution is -2.10. The Morgan fingerprint density at radius 3 is 2.94 bits per heavy atom. The highest BCUT2D eigenvalue weighted by molar-refractivity contribution is 7.18. The van der Waals surface area contributed by atoms with Crippen molar-refractivity contribution in [3.63, 3.8) is 0 Å². The second-order valence-electron chi connectivity index (χ2n) is 3.95. The molecule has 2 rings (SSSR count). The summed E-state index contributed by atoms with van der Waals surface area (Å²) >= 11 is 1.73. The van der Waals surface area contributed by atoms with Gasteiger partial charge in [0.15, 0.2) is 0 Å². The molecule has 0 unspecified atom stereocenters. The molecule has 0 bridgehead atoms. The largest absolute Gasteiger partial charge is 0.490 e. The fourth-order valence-corrected chi connectivity index (χ4v) is 2.46. The van der Waals surface area contributed by atoms with Crippen LogP contribution >= 0.6 is 11.3 Å². The van der Waals surface area contributed by atoms with Crippen LogP contribution in [0, 0.1) is 0 Å². The first-order chi connectivity index (χ1) is 7.72. The van der Waals surface area contributed by atoms with Gasteiger partial charge < -0.3 is 10.5 Å². The Hall–Kier alpha value is -1.13. The van der Waals surface area contributed by atoms with E-state index in [1.165, 1.54) is 4.70 Å². The van der Waals surface area contributed by atoms with Crippen LogP contribution in [-0.2, 0) is 0 Å². The first kappa shape index (κ1) is 11.4. The van der Waals surface area contributed by atoms with Crippen LogP contribution in [0.15, 0.2) is 18.2 Å². The van der Waals surface area contributed by atoms with E-state index in [1.807, 2.05) is 12.1 Å². The molecule has 0 saturated carbocycles. The van der Waals surface area contributed by atoms with Crippen molar-refractivity contribution in [3.8, 4) is 5.75 Å². The lowest BCUT2D eigenvalue weighted by atomic mass is 10.2. The summed E-state index contributed by atoms with van der Waals surface area (Å²) < 4.78 is 6.76. The van der Waals surface area contributed by atoms with Crippen molar-refractivity contribution in [2.75, 3.05) is 13.2 Å². The summed E-state index contributed by atoms with van der Waals surface area (Å²) in [4.78, 5) is 4.62. The number of fused-ring (bicyclic) bond motifs is 1. The van der Waals surface area contributed by atoms with Crippen LogP contribution in [0.4, 0.5) is 0 Å². The van der Waals surface area contributed by atoms with Crippen LogP contribution in [0.5, 0.6) is 5.75 Å². The van der Waals surface area contributed by atoms with Gasteiger partial charge in [-0.05, 0) is 12.1 Å². The van der Waals surface area contributed by atoms with Crippen molar-refractivity contribution < 1.29 is 4.74 Å². The molecule has 0 radical (unpaired) electrons. The number of ether oxygens (including phenoxy) is 1. The summed E-state index contributed by atoms with van der Waals surface area (Å²) in [5.41, 5.74) is 6.39. The quantitative estimate of drug-likeness (QED) is 0.888. The molecule has 16 heavy (non-hydrogen) atoms. The van der Waals surface area contributed by atoms with E-state index in [4.69, 9.17) is 10.5 Å². The highest BCUT2D eigenvalue weighted by Gasteiger charge is 2.10. The molecule has 86 valence electrons. The Labute approximate surface area is 99.3 Å². The Morgan fingerprint density at radius 2 is 2.25 bits per heavy atom. The number of benzene rings is 1. The lowest BCUT2D eigenvalue weighted by molar-refractivity contribution is 0.331. The minimum atomic E-state index is 0.458. The van der Waals surface area contributed by atoms with Crippen LogP contribution in [-0.4, -0.2) is 18.1 Å². The molecule has 0 atom stereocenters. The summed E-state index contributed by atoms with van der Waals surface area (Å²) in [6.07, 6.45) is 0. The van der Waals surface area contributed by atoms with Crippen LogP contribution in [0.1, 0.15) is 24.8 Å². The molecule has 1 aromatic heterocycles. The molecule has 2 aromatic rings. The van der Waals surface area contributed by atoms with Crippen molar-refractivity contribution in [2.24, 2.45) is 5.73 Å². The Balaban J connectivity index is 2.41. The minimum Gasteiger partial charge on any atom is -0.490 e. The number of rotatable bonds is 4. The zero-order valence-corrected chi connectivity index (χ0v) is 10.4. The zero-order valence-electron chi connectivity index (χ0n) is 9.56. The number of thiazole rings is 1. The van der Waals surface area contributed by atoms with Crippen molar-refractivity contribution in [1.82, 2.24) is 4.98 Å². The highest BCUT2D eigenvalue weighted by Crippen LogP contribution is 2.32. The maximum Gasteiger partial charge on any atom is 0.146 e. The summed E-state index contributed by atoms with van der Waals surface area (Å²) in [5, 5.41) is 1.15. The first-order valence-corrected chi connectivity index (χ1v) is 6.26. The van der Waals surface area contributed by atoms with Gasteiger partial charge >= 0.3 is 0 Å². The monoisotopic (exact) mass is 236 g/mol. The number of para-hydroxylation sites is 1. The normalized spacial score (nSPS) is 11.2. The van der Waals surface area contributed by atoms with Gasteiger partial charge in [-0.3, -0.25) is 0 Å². The van der Waals surface area contributed by atoms with Crippen LogP contribution in [0.3, 0.4) is 0 Å². The van der Waals surface area contributed by atoms with E-state index in [2.05, 4.69) is 24.9 Å². The van der Waals surface area contributed by atoms with Crippen molar-refractivity contribution in [3.05, 3.63) is 23.2 Å². The van der Waals surface area contributed by atoms with E-state index < -0.39 is 0 Å². The predicted molar refractivity (Wildman–Crippen MR) is 68.3 cm³/mol. The van der Waals surface area contributed by atoms with Gasteiger partial charge in [0.05, 0.1) is 9.71 Å². The number of nitrogens with two attached hydrogens (primary N) is 1. The van der Waals surface area contributed by atoms with Gasteiger partial charge in [0.2, 0.25) is 0 Å². The molecule has 1 heterocycles. The van der Waals surface area contributed by atoms with Crippen LogP contribution in [0.25, 0.3) is 10.2 Å². The second kappa shape index (κ2) is 4.80. The maximum atomic E-state index is 5.58. The van der Waals surface area contributed by atoms with E-state index in [9.17, 15) is 0 Å². The summed E-state index contributed by atoms with van der Waals surface area (Å²) in [6, 6.07) is 6.02. The molecule has 4 heteroatoms. The molecule has 2 N–H and O–H groups in total. The SMILES string of the molecule is CC(C)c1nc2c(OCCN)cccc2s1. The smallest absolute Gasteiger partial charge is 0.146 e. The predicted octanol–water partition coefficient (Wildman–Crippen LogP) is 2.76. The maximum absolute atomic E-state index is 5.58. The van der Waals surface area contributed by atoms with Gasteiger partial charge in [-0.1, -0.05) is 19.9 Å². The average molecular weight is 236 g/mol. The molecule has 0 spiro atoms. The van der Waals surface area contributed by atoms with Gasteiger partial charge in [0.25, 0.3) is 0 Å². The highest BCUT2D eigenvalue weighted by atomic mass is 32.1. The third kappa shape index (κ3) is 2.18. The molecule has 0 aliphatic carbocycles.